The minimum absolute atomic E-state index is 0.0716. The van der Waals surface area contributed by atoms with E-state index in [2.05, 4.69) is 15.0 Å². The SMILES string of the molecule is Cc1nc(NC(=O)c2ccc(OC(F)(F)F)cc2)ccc1[N+](=O)[O-]. The first-order valence-corrected chi connectivity index (χ1v) is 6.45. The Kier molecular flexibility index (Phi) is 4.67. The number of benzene rings is 1. The van der Waals surface area contributed by atoms with Crippen molar-refractivity contribution in [3.8, 4) is 5.75 Å². The molecule has 2 rings (SSSR count). The number of alkyl halides is 3. The number of nitro groups is 1. The Morgan fingerprint density at radius 2 is 1.83 bits per heavy atom. The summed E-state index contributed by atoms with van der Waals surface area (Å²) in [5.74, 6) is -1.00. The maximum absolute atomic E-state index is 12.1. The molecule has 1 heterocycles. The van der Waals surface area contributed by atoms with Crippen LogP contribution >= 0.6 is 0 Å². The number of carbonyl (C=O) groups excluding carboxylic acids is 1. The fourth-order valence-electron chi connectivity index (χ4n) is 1.81. The molecule has 0 saturated carbocycles. The molecule has 0 saturated heterocycles. The molecule has 0 unspecified atom stereocenters. The Morgan fingerprint density at radius 1 is 1.21 bits per heavy atom. The fraction of sp³-hybridized carbons (Fsp3) is 0.143. The van der Waals surface area contributed by atoms with Gasteiger partial charge in [0.15, 0.2) is 0 Å². The lowest BCUT2D eigenvalue weighted by Crippen LogP contribution is -2.17. The van der Waals surface area contributed by atoms with Crippen molar-refractivity contribution in [2.75, 3.05) is 5.32 Å². The molecule has 1 aromatic carbocycles. The van der Waals surface area contributed by atoms with Gasteiger partial charge >= 0.3 is 6.36 Å². The molecular formula is C14H10F3N3O4. The number of aromatic nitrogens is 1. The molecule has 10 heteroatoms. The summed E-state index contributed by atoms with van der Waals surface area (Å²) in [5, 5.41) is 13.1. The maximum Gasteiger partial charge on any atom is 0.573 e. The Balaban J connectivity index is 2.10. The van der Waals surface area contributed by atoms with Gasteiger partial charge in [-0.15, -0.1) is 13.2 Å². The van der Waals surface area contributed by atoms with E-state index < -0.39 is 22.9 Å². The van der Waals surface area contributed by atoms with Gasteiger partial charge in [0.05, 0.1) is 4.92 Å². The van der Waals surface area contributed by atoms with Crippen LogP contribution in [0.25, 0.3) is 0 Å². The quantitative estimate of drug-likeness (QED) is 0.679. The molecule has 0 aliphatic carbocycles. The normalized spacial score (nSPS) is 11.0. The van der Waals surface area contributed by atoms with E-state index in [9.17, 15) is 28.1 Å². The molecule has 1 N–H and O–H groups in total. The lowest BCUT2D eigenvalue weighted by atomic mass is 10.2. The van der Waals surface area contributed by atoms with Crippen LogP contribution in [-0.2, 0) is 0 Å². The highest BCUT2D eigenvalue weighted by Crippen LogP contribution is 2.23. The average Bonchev–Trinajstić information content (AvgIpc) is 2.45. The van der Waals surface area contributed by atoms with E-state index in [-0.39, 0.29) is 22.8 Å². The number of ether oxygens (including phenoxy) is 1. The van der Waals surface area contributed by atoms with Gasteiger partial charge in [-0.1, -0.05) is 0 Å². The highest BCUT2D eigenvalue weighted by Gasteiger charge is 2.31. The molecule has 0 aliphatic rings. The molecule has 0 fully saturated rings. The molecule has 0 bridgehead atoms. The molecular weight excluding hydrogens is 331 g/mol. The van der Waals surface area contributed by atoms with E-state index in [1.807, 2.05) is 0 Å². The molecule has 0 aliphatic heterocycles. The molecule has 2 aromatic rings. The minimum atomic E-state index is -4.82. The van der Waals surface area contributed by atoms with Gasteiger partial charge in [-0.2, -0.15) is 0 Å². The van der Waals surface area contributed by atoms with Crippen molar-refractivity contribution in [1.29, 1.82) is 0 Å². The summed E-state index contributed by atoms with van der Waals surface area (Å²) in [6.45, 7) is 1.41. The average molecular weight is 341 g/mol. The number of amides is 1. The number of carbonyl (C=O) groups is 1. The molecule has 7 nitrogen and oxygen atoms in total. The molecule has 0 spiro atoms. The van der Waals surface area contributed by atoms with Crippen LogP contribution in [0.15, 0.2) is 36.4 Å². The highest BCUT2D eigenvalue weighted by atomic mass is 19.4. The zero-order valence-electron chi connectivity index (χ0n) is 12.1. The van der Waals surface area contributed by atoms with Gasteiger partial charge in [-0.05, 0) is 37.3 Å². The van der Waals surface area contributed by atoms with Crippen LogP contribution < -0.4 is 10.1 Å². The van der Waals surface area contributed by atoms with Gasteiger partial charge < -0.3 is 10.1 Å². The molecule has 1 amide bonds. The van der Waals surface area contributed by atoms with E-state index in [4.69, 9.17) is 0 Å². The second kappa shape index (κ2) is 6.52. The van der Waals surface area contributed by atoms with Crippen LogP contribution in [0.5, 0.6) is 5.75 Å². The van der Waals surface area contributed by atoms with Crippen molar-refractivity contribution in [3.05, 3.63) is 57.8 Å². The summed E-state index contributed by atoms with van der Waals surface area (Å²) in [6, 6.07) is 6.74. The van der Waals surface area contributed by atoms with Crippen LogP contribution in [0.4, 0.5) is 24.7 Å². The summed E-state index contributed by atoms with van der Waals surface area (Å²) in [7, 11) is 0. The highest BCUT2D eigenvalue weighted by molar-refractivity contribution is 6.03. The second-order valence-electron chi connectivity index (χ2n) is 4.58. The molecule has 24 heavy (non-hydrogen) atoms. The van der Waals surface area contributed by atoms with Crippen LogP contribution in [0.1, 0.15) is 16.1 Å². The summed E-state index contributed by atoms with van der Waals surface area (Å²) in [4.78, 5) is 26.0. The van der Waals surface area contributed by atoms with E-state index in [0.717, 1.165) is 24.3 Å². The first-order chi connectivity index (χ1) is 11.2. The summed E-state index contributed by atoms with van der Waals surface area (Å²) in [6.07, 6.45) is -4.82. The molecule has 126 valence electrons. The van der Waals surface area contributed by atoms with Gasteiger partial charge in [0.2, 0.25) is 0 Å². The number of rotatable bonds is 4. The van der Waals surface area contributed by atoms with Crippen LogP contribution in [-0.4, -0.2) is 22.2 Å². The van der Waals surface area contributed by atoms with Gasteiger partial charge in [0.1, 0.15) is 17.3 Å². The number of nitrogens with one attached hydrogen (secondary N) is 1. The van der Waals surface area contributed by atoms with Crippen molar-refractivity contribution in [1.82, 2.24) is 4.98 Å². The predicted molar refractivity (Wildman–Crippen MR) is 76.7 cm³/mol. The van der Waals surface area contributed by atoms with E-state index in [0.29, 0.717) is 0 Å². The van der Waals surface area contributed by atoms with E-state index >= 15 is 0 Å². The van der Waals surface area contributed by atoms with Crippen LogP contribution in [0.3, 0.4) is 0 Å². The van der Waals surface area contributed by atoms with Crippen molar-refractivity contribution in [3.63, 3.8) is 0 Å². The molecule has 1 aromatic heterocycles. The van der Waals surface area contributed by atoms with Gasteiger partial charge in [0, 0.05) is 11.6 Å². The third kappa shape index (κ3) is 4.41. The maximum atomic E-state index is 12.1. The van der Waals surface area contributed by atoms with Gasteiger partial charge in [0.25, 0.3) is 11.6 Å². The van der Waals surface area contributed by atoms with Crippen LogP contribution in [0.2, 0.25) is 0 Å². The topological polar surface area (TPSA) is 94.4 Å². The van der Waals surface area contributed by atoms with E-state index in [1.165, 1.54) is 19.1 Å². The van der Waals surface area contributed by atoms with Gasteiger partial charge in [-0.25, -0.2) is 4.98 Å². The third-order valence-corrected chi connectivity index (χ3v) is 2.85. The standard InChI is InChI=1S/C14H10F3N3O4/c1-8-11(20(22)23)6-7-12(18-8)19-13(21)9-2-4-10(5-3-9)24-14(15,16)17/h2-7H,1H3,(H,18,19,21). The smallest absolute Gasteiger partial charge is 0.406 e. The molecule has 0 atom stereocenters. The van der Waals surface area contributed by atoms with E-state index in [1.54, 1.807) is 0 Å². The zero-order chi connectivity index (χ0) is 17.9. The molecule has 0 radical (unpaired) electrons. The lowest BCUT2D eigenvalue weighted by molar-refractivity contribution is -0.385. The Morgan fingerprint density at radius 3 is 2.33 bits per heavy atom. The summed E-state index contributed by atoms with van der Waals surface area (Å²) < 4.78 is 39.9. The largest absolute Gasteiger partial charge is 0.573 e. The summed E-state index contributed by atoms with van der Waals surface area (Å²) >= 11 is 0. The van der Waals surface area contributed by atoms with Crippen molar-refractivity contribution >= 4 is 17.4 Å². The second-order valence-corrected chi connectivity index (χ2v) is 4.58. The number of hydrogen-bond acceptors (Lipinski definition) is 5. The lowest BCUT2D eigenvalue weighted by Gasteiger charge is -2.09. The number of pyridine rings is 1. The number of aryl methyl sites for hydroxylation is 1. The Bertz CT molecular complexity index is 776. The van der Waals surface area contributed by atoms with Crippen molar-refractivity contribution in [2.24, 2.45) is 0 Å². The Hall–Kier alpha value is -3.17. The zero-order valence-corrected chi connectivity index (χ0v) is 12.1. The minimum Gasteiger partial charge on any atom is -0.406 e. The summed E-state index contributed by atoms with van der Waals surface area (Å²) in [5.41, 5.74) is -0.00398. The van der Waals surface area contributed by atoms with Crippen molar-refractivity contribution < 1.29 is 27.6 Å². The van der Waals surface area contributed by atoms with Crippen LogP contribution in [0, 0.1) is 17.0 Å². The first kappa shape index (κ1) is 17.2. The fourth-order valence-corrected chi connectivity index (χ4v) is 1.81. The Labute approximate surface area is 133 Å². The third-order valence-electron chi connectivity index (χ3n) is 2.85. The van der Waals surface area contributed by atoms with Gasteiger partial charge in [-0.3, -0.25) is 14.9 Å². The first-order valence-electron chi connectivity index (χ1n) is 6.45. The monoisotopic (exact) mass is 341 g/mol. The predicted octanol–water partition coefficient (Wildman–Crippen LogP) is 3.45. The number of anilines is 1. The number of hydrogen-bond donors (Lipinski definition) is 1. The number of nitrogens with zero attached hydrogens (tertiary/aromatic N) is 2. The number of halogens is 3. The van der Waals surface area contributed by atoms with Crippen molar-refractivity contribution in [2.45, 2.75) is 13.3 Å².